The van der Waals surface area contributed by atoms with Gasteiger partial charge in [-0.05, 0) is 28.8 Å². The lowest BCUT2D eigenvalue weighted by molar-refractivity contribution is -0.141. The minimum atomic E-state index is -4.93. The maximum Gasteiger partial charge on any atom is 0.437 e. The number of anilines is 2. The Hall–Kier alpha value is -4.81. The molecule has 13 heteroatoms. The van der Waals surface area contributed by atoms with Crippen LogP contribution in [0, 0.1) is 5.82 Å². The van der Waals surface area contributed by atoms with Gasteiger partial charge in [0, 0.05) is 64.7 Å². The second-order valence-corrected chi connectivity index (χ2v) is 11.8. The average Bonchev–Trinajstić information content (AvgIpc) is 3.54. The van der Waals surface area contributed by atoms with E-state index < -0.39 is 41.3 Å². The summed E-state index contributed by atoms with van der Waals surface area (Å²) in [4.78, 5) is 38.8. The summed E-state index contributed by atoms with van der Waals surface area (Å²) < 4.78 is 76.7. The number of oxazole rings is 1. The number of Topliss-reactive ketones (excluding diaryl/α,β-unsaturated/α-hetero) is 1. The Morgan fingerprint density at radius 2 is 1.51 bits per heavy atom. The number of hydrogen-bond acceptors (Lipinski definition) is 7. The lowest BCUT2D eigenvalue weighted by Gasteiger charge is -2.35. The minimum Gasteiger partial charge on any atom is -0.420 e. The van der Waals surface area contributed by atoms with Gasteiger partial charge < -0.3 is 19.1 Å². The maximum atomic E-state index is 15.6. The number of carbonyl (C=O) groups is 2. The molecule has 2 aromatic carbocycles. The molecule has 8 nitrogen and oxygen atoms in total. The molecular weight excluding hydrogens is 621 g/mol. The fraction of sp³-hybridized carbons (Fsp3) is 0.353. The van der Waals surface area contributed by atoms with Crippen LogP contribution in [0.1, 0.15) is 45.8 Å². The van der Waals surface area contributed by atoms with Crippen molar-refractivity contribution in [3.63, 3.8) is 0 Å². The van der Waals surface area contributed by atoms with Gasteiger partial charge in [-0.25, -0.2) is 13.8 Å². The molecule has 2 aliphatic rings. The zero-order chi connectivity index (χ0) is 33.2. The standard InChI is InChI=1S/C34H32F5N5O3/c35-26-9-5-4-6-24(26)21-29(46)43-18-16-42(17-19-43)28-11-10-23(22-40-28)20-27(45)30-31(34(37,38)39)41-32(47-30)44-14-12-33(36,13-15-44)25-7-2-1-3-8-25/h1-11,22H,12-21H2. The van der Waals surface area contributed by atoms with Gasteiger partial charge in [0.05, 0.1) is 6.42 Å². The Morgan fingerprint density at radius 3 is 2.15 bits per heavy atom. The van der Waals surface area contributed by atoms with Gasteiger partial charge in [0.1, 0.15) is 17.3 Å². The number of alkyl halides is 4. The topological polar surface area (TPSA) is 82.8 Å². The van der Waals surface area contributed by atoms with Crippen molar-refractivity contribution in [2.75, 3.05) is 49.1 Å². The molecule has 2 aromatic heterocycles. The molecule has 1 amide bonds. The van der Waals surface area contributed by atoms with Crippen LogP contribution in [0.3, 0.4) is 0 Å². The Morgan fingerprint density at radius 1 is 0.830 bits per heavy atom. The first kappa shape index (κ1) is 32.1. The van der Waals surface area contributed by atoms with Crippen LogP contribution in [0.5, 0.6) is 0 Å². The third-order valence-corrected chi connectivity index (χ3v) is 8.68. The first-order valence-corrected chi connectivity index (χ1v) is 15.3. The molecule has 0 aliphatic carbocycles. The molecule has 2 saturated heterocycles. The summed E-state index contributed by atoms with van der Waals surface area (Å²) >= 11 is 0. The predicted octanol–water partition coefficient (Wildman–Crippen LogP) is 6.01. The lowest BCUT2D eigenvalue weighted by Crippen LogP contribution is -2.49. The smallest absolute Gasteiger partial charge is 0.420 e. The van der Waals surface area contributed by atoms with Crippen LogP contribution >= 0.6 is 0 Å². The zero-order valence-corrected chi connectivity index (χ0v) is 25.3. The molecule has 0 bridgehead atoms. The molecule has 4 heterocycles. The fourth-order valence-electron chi connectivity index (χ4n) is 5.98. The van der Waals surface area contributed by atoms with Crippen LogP contribution in [0.15, 0.2) is 77.3 Å². The van der Waals surface area contributed by atoms with E-state index in [1.807, 2.05) is 4.90 Å². The number of carbonyl (C=O) groups excluding carboxylic acids is 2. The third kappa shape index (κ3) is 7.13. The molecular formula is C34H32F5N5O3. The molecule has 0 radical (unpaired) electrons. The molecule has 0 saturated carbocycles. The SMILES string of the molecule is O=C(Cc1ccc(N2CCN(C(=O)Cc3ccccc3F)CC2)nc1)c1oc(N2CCC(F)(c3ccccc3)CC2)nc1C(F)(F)F. The number of benzene rings is 2. The fourth-order valence-corrected chi connectivity index (χ4v) is 5.98. The van der Waals surface area contributed by atoms with Gasteiger partial charge in [-0.3, -0.25) is 9.59 Å². The first-order chi connectivity index (χ1) is 22.5. The van der Waals surface area contributed by atoms with Gasteiger partial charge in [-0.15, -0.1) is 0 Å². The van der Waals surface area contributed by atoms with E-state index in [9.17, 15) is 27.2 Å². The number of piperidine rings is 1. The Kier molecular flexibility index (Phi) is 8.98. The molecule has 2 aliphatic heterocycles. The van der Waals surface area contributed by atoms with Gasteiger partial charge >= 0.3 is 6.18 Å². The average molecular weight is 654 g/mol. The number of pyridine rings is 1. The number of rotatable bonds is 8. The summed E-state index contributed by atoms with van der Waals surface area (Å²) in [5.41, 5.74) is -1.80. The van der Waals surface area contributed by atoms with E-state index in [1.165, 1.54) is 17.2 Å². The summed E-state index contributed by atoms with van der Waals surface area (Å²) in [5.74, 6) is -1.81. The van der Waals surface area contributed by atoms with Crippen LogP contribution < -0.4 is 9.80 Å². The number of aromatic nitrogens is 2. The van der Waals surface area contributed by atoms with Crippen LogP contribution in [0.25, 0.3) is 0 Å². The van der Waals surface area contributed by atoms with Crippen molar-refractivity contribution in [1.29, 1.82) is 0 Å². The number of amides is 1. The van der Waals surface area contributed by atoms with E-state index in [2.05, 4.69) is 9.97 Å². The van der Waals surface area contributed by atoms with Crippen LogP contribution in [0.4, 0.5) is 33.8 Å². The number of piperazine rings is 1. The van der Waals surface area contributed by atoms with E-state index in [-0.39, 0.29) is 44.3 Å². The van der Waals surface area contributed by atoms with Gasteiger partial charge in [0.25, 0.3) is 6.01 Å². The van der Waals surface area contributed by atoms with Gasteiger partial charge in [0.2, 0.25) is 17.5 Å². The Bertz CT molecular complexity index is 1710. The number of hydrogen-bond donors (Lipinski definition) is 0. The molecule has 246 valence electrons. The molecule has 0 N–H and O–H groups in total. The van der Waals surface area contributed by atoms with E-state index in [0.717, 1.165) is 0 Å². The molecule has 4 aromatic rings. The number of halogens is 5. The molecule has 0 unspecified atom stereocenters. The van der Waals surface area contributed by atoms with E-state index in [4.69, 9.17) is 4.42 Å². The summed E-state index contributed by atoms with van der Waals surface area (Å²) in [6, 6.07) is 17.7. The van der Waals surface area contributed by atoms with Crippen molar-refractivity contribution >= 4 is 23.5 Å². The summed E-state index contributed by atoms with van der Waals surface area (Å²) in [6.07, 6.45) is -3.88. The minimum absolute atomic E-state index is 0.0268. The van der Waals surface area contributed by atoms with Crippen LogP contribution in [-0.4, -0.2) is 65.8 Å². The second-order valence-electron chi connectivity index (χ2n) is 11.8. The maximum absolute atomic E-state index is 15.6. The summed E-state index contributed by atoms with van der Waals surface area (Å²) in [7, 11) is 0. The van der Waals surface area contributed by atoms with E-state index in [0.29, 0.717) is 48.7 Å². The number of ketones is 1. The Balaban J connectivity index is 1.07. The predicted molar refractivity (Wildman–Crippen MR) is 163 cm³/mol. The quantitative estimate of drug-likeness (QED) is 0.170. The largest absolute Gasteiger partial charge is 0.437 e. The Labute approximate surface area is 267 Å². The molecule has 0 spiro atoms. The summed E-state index contributed by atoms with van der Waals surface area (Å²) in [5, 5.41) is 0. The molecule has 47 heavy (non-hydrogen) atoms. The van der Waals surface area contributed by atoms with Crippen molar-refractivity contribution in [2.45, 2.75) is 37.5 Å². The van der Waals surface area contributed by atoms with E-state index in [1.54, 1.807) is 65.6 Å². The monoisotopic (exact) mass is 653 g/mol. The van der Waals surface area contributed by atoms with Gasteiger partial charge in [-0.2, -0.15) is 18.2 Å². The molecule has 0 atom stereocenters. The highest BCUT2D eigenvalue weighted by atomic mass is 19.4. The van der Waals surface area contributed by atoms with Gasteiger partial charge in [-0.1, -0.05) is 54.6 Å². The second kappa shape index (κ2) is 13.1. The number of nitrogens with zero attached hydrogens (tertiary/aromatic N) is 5. The highest BCUT2D eigenvalue weighted by Crippen LogP contribution is 2.40. The van der Waals surface area contributed by atoms with Crippen molar-refractivity contribution in [2.24, 2.45) is 0 Å². The van der Waals surface area contributed by atoms with Crippen molar-refractivity contribution < 1.29 is 36.0 Å². The zero-order valence-electron chi connectivity index (χ0n) is 25.3. The first-order valence-electron chi connectivity index (χ1n) is 15.3. The highest BCUT2D eigenvalue weighted by molar-refractivity contribution is 5.96. The van der Waals surface area contributed by atoms with Crippen LogP contribution in [-0.2, 0) is 29.5 Å². The summed E-state index contributed by atoms with van der Waals surface area (Å²) in [6.45, 7) is 1.93. The highest BCUT2D eigenvalue weighted by Gasteiger charge is 2.43. The van der Waals surface area contributed by atoms with Crippen molar-refractivity contribution in [3.05, 3.63) is 107 Å². The van der Waals surface area contributed by atoms with E-state index >= 15 is 4.39 Å². The molecule has 2 fully saturated rings. The normalized spacial score (nSPS) is 16.7. The van der Waals surface area contributed by atoms with Crippen molar-refractivity contribution in [1.82, 2.24) is 14.9 Å². The third-order valence-electron chi connectivity index (χ3n) is 8.68. The van der Waals surface area contributed by atoms with Crippen LogP contribution in [0.2, 0.25) is 0 Å². The van der Waals surface area contributed by atoms with Crippen molar-refractivity contribution in [3.8, 4) is 0 Å². The molecule has 6 rings (SSSR count). The van der Waals surface area contributed by atoms with Gasteiger partial charge in [0.15, 0.2) is 5.69 Å². The lowest BCUT2D eigenvalue weighted by atomic mass is 9.86.